The third kappa shape index (κ3) is 6.74. The molecule has 142 valence electrons. The third-order valence-electron chi connectivity index (χ3n) is 3.83. The fourth-order valence-corrected chi connectivity index (χ4v) is 2.48. The molecule has 2 rings (SSSR count). The Bertz CT molecular complexity index is 704. The molecule has 26 heavy (non-hydrogen) atoms. The van der Waals surface area contributed by atoms with E-state index in [0.29, 0.717) is 19.7 Å². The summed E-state index contributed by atoms with van der Waals surface area (Å²) in [5, 5.41) is 6.69. The Labute approximate surface area is 173 Å². The van der Waals surface area contributed by atoms with E-state index < -0.39 is 0 Å². The average Bonchev–Trinajstić information content (AvgIpc) is 2.63. The van der Waals surface area contributed by atoms with E-state index >= 15 is 0 Å². The number of ether oxygens (including phenoxy) is 1. The highest BCUT2D eigenvalue weighted by Crippen LogP contribution is 2.17. The largest absolute Gasteiger partial charge is 0.494 e. The maximum Gasteiger partial charge on any atom is 0.191 e. The fourth-order valence-electron chi connectivity index (χ4n) is 2.48. The van der Waals surface area contributed by atoms with Gasteiger partial charge < -0.3 is 20.3 Å². The third-order valence-corrected chi connectivity index (χ3v) is 3.83. The molecule has 0 saturated carbocycles. The van der Waals surface area contributed by atoms with E-state index in [1.54, 1.807) is 7.05 Å². The van der Waals surface area contributed by atoms with Crippen molar-refractivity contribution in [1.82, 2.24) is 10.6 Å². The topological polar surface area (TPSA) is 48.9 Å². The minimum Gasteiger partial charge on any atom is -0.494 e. The molecule has 0 aliphatic heterocycles. The summed E-state index contributed by atoms with van der Waals surface area (Å²) >= 11 is 0. The van der Waals surface area contributed by atoms with Gasteiger partial charge in [-0.15, -0.1) is 24.0 Å². The summed E-state index contributed by atoms with van der Waals surface area (Å²) in [6.45, 7) is 4.03. The molecule has 6 heteroatoms. The van der Waals surface area contributed by atoms with Gasteiger partial charge in [0.1, 0.15) is 5.75 Å². The molecule has 0 fully saturated rings. The van der Waals surface area contributed by atoms with Gasteiger partial charge in [0.15, 0.2) is 5.96 Å². The number of nitrogens with zero attached hydrogens (tertiary/aromatic N) is 2. The summed E-state index contributed by atoms with van der Waals surface area (Å²) in [7, 11) is 5.87. The average molecular weight is 468 g/mol. The molecule has 2 N–H and O–H groups in total. The van der Waals surface area contributed by atoms with Gasteiger partial charge in [-0.05, 0) is 30.7 Å². The van der Waals surface area contributed by atoms with Crippen LogP contribution in [0.25, 0.3) is 0 Å². The minimum atomic E-state index is 0. The maximum atomic E-state index is 5.66. The van der Waals surface area contributed by atoms with Crippen molar-refractivity contribution in [3.05, 3.63) is 59.7 Å². The number of nitrogens with one attached hydrogen (secondary N) is 2. The van der Waals surface area contributed by atoms with Crippen LogP contribution in [0, 0.1) is 0 Å². The monoisotopic (exact) mass is 468 g/mol. The first-order chi connectivity index (χ1) is 12.1. The van der Waals surface area contributed by atoms with Gasteiger partial charge in [-0.1, -0.05) is 30.3 Å². The van der Waals surface area contributed by atoms with Gasteiger partial charge in [0.05, 0.1) is 6.61 Å². The molecule has 0 amide bonds. The molecule has 2 aromatic carbocycles. The normalized spacial score (nSPS) is 10.7. The zero-order valence-electron chi connectivity index (χ0n) is 16.0. The quantitative estimate of drug-likeness (QED) is 0.370. The highest BCUT2D eigenvalue weighted by Gasteiger charge is 2.04. The standard InChI is InChI=1S/C20H28N4O.HI/c1-5-25-19-12-7-6-10-17(19)15-23-20(21-2)22-14-16-9-8-11-18(13-16)24(3)4;/h6-13H,5,14-15H2,1-4H3,(H2,21,22,23);1H. The van der Waals surface area contributed by atoms with Crippen molar-refractivity contribution in [2.45, 2.75) is 20.0 Å². The molecule has 0 bridgehead atoms. The second kappa shape index (κ2) is 11.6. The van der Waals surface area contributed by atoms with Crippen LogP contribution >= 0.6 is 24.0 Å². The van der Waals surface area contributed by atoms with E-state index in [1.165, 1.54) is 11.3 Å². The van der Waals surface area contributed by atoms with Crippen LogP contribution in [0.1, 0.15) is 18.1 Å². The smallest absolute Gasteiger partial charge is 0.191 e. The van der Waals surface area contributed by atoms with Crippen molar-refractivity contribution in [2.75, 3.05) is 32.6 Å². The predicted molar refractivity (Wildman–Crippen MR) is 121 cm³/mol. The molecule has 0 saturated heterocycles. The lowest BCUT2D eigenvalue weighted by atomic mass is 10.2. The van der Waals surface area contributed by atoms with E-state index in [-0.39, 0.29) is 24.0 Å². The lowest BCUT2D eigenvalue weighted by Gasteiger charge is -2.16. The lowest BCUT2D eigenvalue weighted by Crippen LogP contribution is -2.36. The first kappa shape index (κ1) is 22.1. The summed E-state index contributed by atoms with van der Waals surface area (Å²) in [6, 6.07) is 16.5. The van der Waals surface area contributed by atoms with E-state index in [9.17, 15) is 0 Å². The number of aliphatic imine (C=N–C) groups is 1. The van der Waals surface area contributed by atoms with Crippen molar-refractivity contribution >= 4 is 35.6 Å². The summed E-state index contributed by atoms with van der Waals surface area (Å²) < 4.78 is 5.66. The van der Waals surface area contributed by atoms with E-state index in [0.717, 1.165) is 17.3 Å². The molecule has 0 atom stereocenters. The van der Waals surface area contributed by atoms with Gasteiger partial charge in [-0.25, -0.2) is 0 Å². The van der Waals surface area contributed by atoms with Crippen LogP contribution in [-0.2, 0) is 13.1 Å². The fraction of sp³-hybridized carbons (Fsp3) is 0.350. The zero-order chi connectivity index (χ0) is 18.1. The molecule has 0 radical (unpaired) electrons. The predicted octanol–water partition coefficient (Wildman–Crippen LogP) is 3.63. The van der Waals surface area contributed by atoms with Crippen molar-refractivity contribution in [3.8, 4) is 5.75 Å². The molecule has 0 aliphatic carbocycles. The first-order valence-electron chi connectivity index (χ1n) is 8.55. The van der Waals surface area contributed by atoms with Crippen LogP contribution < -0.4 is 20.3 Å². The first-order valence-corrected chi connectivity index (χ1v) is 8.55. The molecule has 0 aliphatic rings. The molecule has 0 aromatic heterocycles. The van der Waals surface area contributed by atoms with Gasteiger partial charge >= 0.3 is 0 Å². The van der Waals surface area contributed by atoms with E-state index in [1.807, 2.05) is 39.2 Å². The SMILES string of the molecule is CCOc1ccccc1CNC(=NC)NCc1cccc(N(C)C)c1.I. The van der Waals surface area contributed by atoms with Gasteiger partial charge in [0, 0.05) is 45.5 Å². The van der Waals surface area contributed by atoms with Crippen molar-refractivity contribution in [1.29, 1.82) is 0 Å². The Kier molecular flexibility index (Phi) is 9.87. The molecule has 0 unspecified atom stereocenters. The Balaban J connectivity index is 0.00000338. The Morgan fingerprint density at radius 3 is 2.46 bits per heavy atom. The Morgan fingerprint density at radius 1 is 1.04 bits per heavy atom. The van der Waals surface area contributed by atoms with Gasteiger partial charge in [0.25, 0.3) is 0 Å². The molecular formula is C20H29IN4O. The highest BCUT2D eigenvalue weighted by atomic mass is 127. The van der Waals surface area contributed by atoms with Crippen LogP contribution in [0.15, 0.2) is 53.5 Å². The second-order valence-corrected chi connectivity index (χ2v) is 5.88. The maximum absolute atomic E-state index is 5.66. The number of rotatable bonds is 7. The molecule has 2 aromatic rings. The minimum absolute atomic E-state index is 0. The van der Waals surface area contributed by atoms with Crippen LogP contribution in [0.5, 0.6) is 5.75 Å². The van der Waals surface area contributed by atoms with Crippen LogP contribution in [0.3, 0.4) is 0 Å². The van der Waals surface area contributed by atoms with Crippen LogP contribution in [0.2, 0.25) is 0 Å². The van der Waals surface area contributed by atoms with E-state index in [2.05, 4.69) is 50.9 Å². The number of hydrogen-bond donors (Lipinski definition) is 2. The number of hydrogen-bond acceptors (Lipinski definition) is 3. The summed E-state index contributed by atoms with van der Waals surface area (Å²) in [6.07, 6.45) is 0. The zero-order valence-corrected chi connectivity index (χ0v) is 18.3. The van der Waals surface area contributed by atoms with Gasteiger partial charge in [-0.2, -0.15) is 0 Å². The molecule has 0 spiro atoms. The number of benzene rings is 2. The molecule has 0 heterocycles. The summed E-state index contributed by atoms with van der Waals surface area (Å²) in [5.74, 6) is 1.67. The van der Waals surface area contributed by atoms with Crippen LogP contribution in [0.4, 0.5) is 5.69 Å². The van der Waals surface area contributed by atoms with Crippen molar-refractivity contribution in [2.24, 2.45) is 4.99 Å². The van der Waals surface area contributed by atoms with Crippen LogP contribution in [-0.4, -0.2) is 33.7 Å². The van der Waals surface area contributed by atoms with Gasteiger partial charge in [-0.3, -0.25) is 4.99 Å². The number of guanidine groups is 1. The molecular weight excluding hydrogens is 439 g/mol. The summed E-state index contributed by atoms with van der Waals surface area (Å²) in [4.78, 5) is 6.39. The second-order valence-electron chi connectivity index (χ2n) is 5.88. The molecule has 5 nitrogen and oxygen atoms in total. The summed E-state index contributed by atoms with van der Waals surface area (Å²) in [5.41, 5.74) is 3.51. The lowest BCUT2D eigenvalue weighted by molar-refractivity contribution is 0.336. The number of para-hydroxylation sites is 1. The van der Waals surface area contributed by atoms with Crippen molar-refractivity contribution in [3.63, 3.8) is 0 Å². The number of anilines is 1. The van der Waals surface area contributed by atoms with Crippen molar-refractivity contribution < 1.29 is 4.74 Å². The van der Waals surface area contributed by atoms with Gasteiger partial charge in [0.2, 0.25) is 0 Å². The Morgan fingerprint density at radius 2 is 1.77 bits per heavy atom. The number of halogens is 1. The highest BCUT2D eigenvalue weighted by molar-refractivity contribution is 14.0. The van der Waals surface area contributed by atoms with E-state index in [4.69, 9.17) is 4.74 Å². The Hall–Kier alpha value is -1.96.